The summed E-state index contributed by atoms with van der Waals surface area (Å²) in [4.78, 5) is 3.29. The molecule has 2 N–H and O–H groups in total. The highest BCUT2D eigenvalue weighted by atomic mass is 16.5. The molecule has 0 radical (unpaired) electrons. The number of fused-ring (bicyclic) bond motifs is 1. The molecule has 0 fully saturated rings. The Morgan fingerprint density at radius 1 is 1.00 bits per heavy atom. The molecular weight excluding hydrogens is 226 g/mol. The van der Waals surface area contributed by atoms with Gasteiger partial charge in [-0.25, -0.2) is 0 Å². The standard InChI is InChI=1S/C15H13NO2/c17-13-5-3-6-14(9-13)18-10-12-8-11-4-1-2-7-15(11)16-12/h1-9,16-17H,10H2. The van der Waals surface area contributed by atoms with E-state index in [4.69, 9.17) is 4.74 Å². The molecule has 0 unspecified atom stereocenters. The fourth-order valence-electron chi connectivity index (χ4n) is 1.95. The van der Waals surface area contributed by atoms with E-state index in [1.165, 1.54) is 5.39 Å². The number of ether oxygens (including phenoxy) is 1. The summed E-state index contributed by atoms with van der Waals surface area (Å²) in [6, 6.07) is 17.0. The van der Waals surface area contributed by atoms with Crippen LogP contribution in [-0.4, -0.2) is 10.1 Å². The van der Waals surface area contributed by atoms with E-state index >= 15 is 0 Å². The molecule has 90 valence electrons. The van der Waals surface area contributed by atoms with Crippen molar-refractivity contribution in [3.05, 3.63) is 60.3 Å². The van der Waals surface area contributed by atoms with Crippen LogP contribution in [0, 0.1) is 0 Å². The summed E-state index contributed by atoms with van der Waals surface area (Å²) in [7, 11) is 0. The molecule has 1 aromatic heterocycles. The zero-order valence-electron chi connectivity index (χ0n) is 9.76. The average molecular weight is 239 g/mol. The Hall–Kier alpha value is -2.42. The third kappa shape index (κ3) is 2.15. The maximum Gasteiger partial charge on any atom is 0.128 e. The van der Waals surface area contributed by atoms with Crippen LogP contribution >= 0.6 is 0 Å². The van der Waals surface area contributed by atoms with Gasteiger partial charge in [-0.2, -0.15) is 0 Å². The monoisotopic (exact) mass is 239 g/mol. The van der Waals surface area contributed by atoms with Crippen molar-refractivity contribution >= 4 is 10.9 Å². The summed E-state index contributed by atoms with van der Waals surface area (Å²) in [5.74, 6) is 0.873. The number of phenols is 1. The summed E-state index contributed by atoms with van der Waals surface area (Å²) in [5.41, 5.74) is 2.12. The van der Waals surface area contributed by atoms with Crippen LogP contribution in [0.4, 0.5) is 0 Å². The number of aromatic nitrogens is 1. The predicted molar refractivity (Wildman–Crippen MR) is 70.7 cm³/mol. The van der Waals surface area contributed by atoms with Gasteiger partial charge in [0, 0.05) is 11.6 Å². The summed E-state index contributed by atoms with van der Waals surface area (Å²) in [6.45, 7) is 0.456. The zero-order chi connectivity index (χ0) is 12.4. The molecule has 3 nitrogen and oxygen atoms in total. The first-order valence-electron chi connectivity index (χ1n) is 5.80. The van der Waals surface area contributed by atoms with E-state index in [1.54, 1.807) is 18.2 Å². The van der Waals surface area contributed by atoms with Crippen LogP contribution in [0.1, 0.15) is 5.69 Å². The van der Waals surface area contributed by atoms with Gasteiger partial charge in [0.05, 0.1) is 5.69 Å². The lowest BCUT2D eigenvalue weighted by Gasteiger charge is -2.04. The molecule has 0 amide bonds. The number of H-pyrrole nitrogens is 1. The van der Waals surface area contributed by atoms with Gasteiger partial charge in [0.25, 0.3) is 0 Å². The van der Waals surface area contributed by atoms with E-state index in [0.29, 0.717) is 12.4 Å². The van der Waals surface area contributed by atoms with E-state index in [9.17, 15) is 5.11 Å². The number of para-hydroxylation sites is 1. The number of benzene rings is 2. The summed E-state index contributed by atoms with van der Waals surface area (Å²) >= 11 is 0. The lowest BCUT2D eigenvalue weighted by Crippen LogP contribution is -1.94. The van der Waals surface area contributed by atoms with Crippen LogP contribution in [0.25, 0.3) is 10.9 Å². The highest BCUT2D eigenvalue weighted by molar-refractivity contribution is 5.80. The minimum Gasteiger partial charge on any atom is -0.508 e. The second-order valence-electron chi connectivity index (χ2n) is 4.17. The van der Waals surface area contributed by atoms with Crippen molar-refractivity contribution in [2.75, 3.05) is 0 Å². The van der Waals surface area contributed by atoms with E-state index in [0.717, 1.165) is 11.2 Å². The third-order valence-corrected chi connectivity index (χ3v) is 2.80. The Kier molecular flexibility index (Phi) is 2.65. The predicted octanol–water partition coefficient (Wildman–Crippen LogP) is 3.45. The van der Waals surface area contributed by atoms with Crippen LogP contribution in [0.3, 0.4) is 0 Å². The molecule has 0 saturated carbocycles. The number of hydrogen-bond donors (Lipinski definition) is 2. The van der Waals surface area contributed by atoms with E-state index in [2.05, 4.69) is 17.1 Å². The van der Waals surface area contributed by atoms with Crippen molar-refractivity contribution in [3.8, 4) is 11.5 Å². The molecule has 3 aromatic rings. The first-order chi connectivity index (χ1) is 8.81. The van der Waals surface area contributed by atoms with E-state index in [-0.39, 0.29) is 5.75 Å². The number of phenolic OH excluding ortho intramolecular Hbond substituents is 1. The SMILES string of the molecule is Oc1cccc(OCc2cc3ccccc3[nH]2)c1. The molecule has 18 heavy (non-hydrogen) atoms. The first-order valence-corrected chi connectivity index (χ1v) is 5.80. The maximum atomic E-state index is 9.34. The highest BCUT2D eigenvalue weighted by Gasteiger charge is 2.01. The summed E-state index contributed by atoms with van der Waals surface area (Å²) in [6.07, 6.45) is 0. The molecule has 0 aliphatic heterocycles. The topological polar surface area (TPSA) is 45.2 Å². The quantitative estimate of drug-likeness (QED) is 0.735. The van der Waals surface area contributed by atoms with Gasteiger partial charge in [0.15, 0.2) is 0 Å². The Bertz CT molecular complexity index is 640. The van der Waals surface area contributed by atoms with Crippen molar-refractivity contribution in [3.63, 3.8) is 0 Å². The van der Waals surface area contributed by atoms with Crippen molar-refractivity contribution in [2.24, 2.45) is 0 Å². The van der Waals surface area contributed by atoms with E-state index < -0.39 is 0 Å². The van der Waals surface area contributed by atoms with Crippen molar-refractivity contribution in [2.45, 2.75) is 6.61 Å². The average Bonchev–Trinajstić information content (AvgIpc) is 2.79. The van der Waals surface area contributed by atoms with Crippen LogP contribution in [0.2, 0.25) is 0 Å². The Morgan fingerprint density at radius 3 is 2.72 bits per heavy atom. The molecule has 3 heteroatoms. The van der Waals surface area contributed by atoms with Crippen LogP contribution in [0.15, 0.2) is 54.6 Å². The lowest BCUT2D eigenvalue weighted by molar-refractivity contribution is 0.300. The fraction of sp³-hybridized carbons (Fsp3) is 0.0667. The van der Waals surface area contributed by atoms with Crippen molar-refractivity contribution in [1.29, 1.82) is 0 Å². The van der Waals surface area contributed by atoms with Gasteiger partial charge in [0.2, 0.25) is 0 Å². The van der Waals surface area contributed by atoms with Crippen LogP contribution in [0.5, 0.6) is 11.5 Å². The highest BCUT2D eigenvalue weighted by Crippen LogP contribution is 2.20. The van der Waals surface area contributed by atoms with Crippen LogP contribution < -0.4 is 4.74 Å². The largest absolute Gasteiger partial charge is 0.508 e. The minimum absolute atomic E-state index is 0.212. The summed E-state index contributed by atoms with van der Waals surface area (Å²) in [5, 5.41) is 10.5. The normalized spacial score (nSPS) is 10.7. The molecule has 2 aromatic carbocycles. The number of aromatic amines is 1. The zero-order valence-corrected chi connectivity index (χ0v) is 9.76. The molecule has 0 aliphatic rings. The molecule has 0 aliphatic carbocycles. The Morgan fingerprint density at radius 2 is 1.89 bits per heavy atom. The van der Waals surface area contributed by atoms with Crippen LogP contribution in [-0.2, 0) is 6.61 Å². The molecule has 0 spiro atoms. The van der Waals surface area contributed by atoms with Gasteiger partial charge in [-0.15, -0.1) is 0 Å². The van der Waals surface area contributed by atoms with E-state index in [1.807, 2.05) is 24.3 Å². The number of hydrogen-bond acceptors (Lipinski definition) is 2. The van der Waals surface area contributed by atoms with Gasteiger partial charge < -0.3 is 14.8 Å². The number of aromatic hydroxyl groups is 1. The number of nitrogens with one attached hydrogen (secondary N) is 1. The van der Waals surface area contributed by atoms with Gasteiger partial charge in [0.1, 0.15) is 18.1 Å². The minimum atomic E-state index is 0.212. The third-order valence-electron chi connectivity index (χ3n) is 2.80. The number of rotatable bonds is 3. The Labute approximate surface area is 105 Å². The van der Waals surface area contributed by atoms with Crippen molar-refractivity contribution in [1.82, 2.24) is 4.98 Å². The molecular formula is C15H13NO2. The Balaban J connectivity index is 1.76. The second-order valence-corrected chi connectivity index (χ2v) is 4.17. The summed E-state index contributed by atoms with van der Waals surface area (Å²) < 4.78 is 5.61. The smallest absolute Gasteiger partial charge is 0.128 e. The first kappa shape index (κ1) is 10.7. The van der Waals surface area contributed by atoms with Gasteiger partial charge in [-0.3, -0.25) is 0 Å². The van der Waals surface area contributed by atoms with Gasteiger partial charge in [-0.05, 0) is 29.7 Å². The fourth-order valence-corrected chi connectivity index (χ4v) is 1.95. The van der Waals surface area contributed by atoms with Crippen molar-refractivity contribution < 1.29 is 9.84 Å². The maximum absolute atomic E-state index is 9.34. The lowest BCUT2D eigenvalue weighted by atomic mass is 10.2. The molecule has 1 heterocycles. The molecule has 0 bridgehead atoms. The molecule has 0 saturated heterocycles. The molecule has 3 rings (SSSR count). The second kappa shape index (κ2) is 4.45. The van der Waals surface area contributed by atoms with Gasteiger partial charge in [-0.1, -0.05) is 24.3 Å². The molecule has 0 atom stereocenters. The van der Waals surface area contributed by atoms with Gasteiger partial charge >= 0.3 is 0 Å².